The lowest BCUT2D eigenvalue weighted by molar-refractivity contribution is -0.120. The van der Waals surface area contributed by atoms with Crippen LogP contribution in [0, 0.1) is 10.8 Å². The third kappa shape index (κ3) is 5.42. The Labute approximate surface area is 161 Å². The number of ketones is 1. The van der Waals surface area contributed by atoms with Gasteiger partial charge in [-0.2, -0.15) is 0 Å². The van der Waals surface area contributed by atoms with Crippen LogP contribution in [-0.2, 0) is 17.8 Å². The summed E-state index contributed by atoms with van der Waals surface area (Å²) in [7, 11) is 0. The molecule has 0 atom stereocenters. The molecule has 0 unspecified atom stereocenters. The van der Waals surface area contributed by atoms with E-state index in [-0.39, 0.29) is 35.9 Å². The molecule has 1 amide bonds. The number of Topliss-reactive ketones (excluding diaryl/α,β-unsaturated/α-hetero) is 1. The highest BCUT2D eigenvalue weighted by molar-refractivity contribution is 6.04. The Morgan fingerprint density at radius 2 is 1.78 bits per heavy atom. The molecule has 0 aliphatic rings. The third-order valence-electron chi connectivity index (χ3n) is 4.46. The number of benzene rings is 1. The molecule has 0 spiro atoms. The van der Waals surface area contributed by atoms with Gasteiger partial charge in [-0.15, -0.1) is 0 Å². The molecule has 5 nitrogen and oxygen atoms in total. The number of hydrogen-bond donors (Lipinski definition) is 2. The van der Waals surface area contributed by atoms with Crippen molar-refractivity contribution in [3.63, 3.8) is 0 Å². The first-order valence-corrected chi connectivity index (χ1v) is 9.39. The van der Waals surface area contributed by atoms with Crippen molar-refractivity contribution in [2.75, 3.05) is 6.54 Å². The van der Waals surface area contributed by atoms with Gasteiger partial charge in [0.05, 0.1) is 13.0 Å². The molecule has 1 aromatic carbocycles. The van der Waals surface area contributed by atoms with Crippen molar-refractivity contribution in [3.05, 3.63) is 35.1 Å². The van der Waals surface area contributed by atoms with Gasteiger partial charge in [0.25, 0.3) is 0 Å². The molecule has 0 bridgehead atoms. The van der Waals surface area contributed by atoms with Gasteiger partial charge < -0.3 is 14.8 Å². The molecule has 148 valence electrons. The van der Waals surface area contributed by atoms with Gasteiger partial charge in [-0.3, -0.25) is 9.59 Å². The number of amides is 1. The van der Waals surface area contributed by atoms with Crippen LogP contribution in [-0.4, -0.2) is 23.3 Å². The van der Waals surface area contributed by atoms with Crippen LogP contribution in [0.1, 0.15) is 69.6 Å². The number of carbonyl (C=O) groups excluding carboxylic acids is 2. The molecule has 27 heavy (non-hydrogen) atoms. The average molecular weight is 373 g/mol. The van der Waals surface area contributed by atoms with Crippen LogP contribution in [0.5, 0.6) is 0 Å². The topological polar surface area (TPSA) is 79.5 Å². The molecule has 0 fully saturated rings. The van der Waals surface area contributed by atoms with Crippen molar-refractivity contribution in [1.29, 1.82) is 0 Å². The van der Waals surface area contributed by atoms with Crippen molar-refractivity contribution in [3.8, 4) is 0 Å². The predicted octanol–water partition coefficient (Wildman–Crippen LogP) is 4.25. The van der Waals surface area contributed by atoms with Gasteiger partial charge in [0.15, 0.2) is 5.76 Å². The van der Waals surface area contributed by atoms with E-state index in [4.69, 9.17) is 4.42 Å². The molecule has 0 aliphatic heterocycles. The maximum atomic E-state index is 12.9. The summed E-state index contributed by atoms with van der Waals surface area (Å²) in [4.78, 5) is 25.4. The molecule has 2 N–H and O–H groups in total. The fourth-order valence-corrected chi connectivity index (χ4v) is 2.79. The molecule has 1 aromatic heterocycles. The molecule has 0 radical (unpaired) electrons. The zero-order chi connectivity index (χ0) is 20.4. The number of carbonyl (C=O) groups is 2. The third-order valence-corrected chi connectivity index (χ3v) is 4.46. The Morgan fingerprint density at radius 3 is 2.33 bits per heavy atom. The Hall–Kier alpha value is -2.14. The first-order valence-electron chi connectivity index (χ1n) is 9.39. The SMILES string of the molecule is CC(C)(C)CCNC(=O)Cc1c(C(=O)C(C)(C)C)oc2ccc(CO)cc12. The lowest BCUT2D eigenvalue weighted by atomic mass is 9.87. The molecule has 5 heteroatoms. The fourth-order valence-electron chi connectivity index (χ4n) is 2.79. The largest absolute Gasteiger partial charge is 0.453 e. The zero-order valence-electron chi connectivity index (χ0n) is 17.2. The smallest absolute Gasteiger partial charge is 0.224 e. The Balaban J connectivity index is 2.36. The number of aliphatic hydroxyl groups excluding tert-OH is 1. The van der Waals surface area contributed by atoms with Crippen LogP contribution in [0.2, 0.25) is 0 Å². The highest BCUT2D eigenvalue weighted by atomic mass is 16.3. The van der Waals surface area contributed by atoms with Crippen LogP contribution in [0.15, 0.2) is 22.6 Å². The fraction of sp³-hybridized carbons (Fsp3) is 0.545. The first-order chi connectivity index (χ1) is 12.4. The second-order valence-corrected chi connectivity index (χ2v) is 9.31. The highest BCUT2D eigenvalue weighted by Crippen LogP contribution is 2.32. The molecule has 1 heterocycles. The zero-order valence-corrected chi connectivity index (χ0v) is 17.2. The van der Waals surface area contributed by atoms with Gasteiger partial charge in [0.1, 0.15) is 5.58 Å². The normalized spacial score (nSPS) is 12.4. The number of aliphatic hydroxyl groups is 1. The molecule has 2 aromatic rings. The van der Waals surface area contributed by atoms with E-state index in [2.05, 4.69) is 26.1 Å². The Kier molecular flexibility index (Phi) is 6.15. The second-order valence-electron chi connectivity index (χ2n) is 9.31. The van der Waals surface area contributed by atoms with Gasteiger partial charge in [-0.1, -0.05) is 47.6 Å². The van der Waals surface area contributed by atoms with E-state index in [1.54, 1.807) is 18.2 Å². The molecule has 0 saturated heterocycles. The van der Waals surface area contributed by atoms with E-state index >= 15 is 0 Å². The van der Waals surface area contributed by atoms with Gasteiger partial charge in [0, 0.05) is 22.9 Å². The summed E-state index contributed by atoms with van der Waals surface area (Å²) in [6.45, 7) is 12.3. The maximum absolute atomic E-state index is 12.9. The molecular weight excluding hydrogens is 342 g/mol. The van der Waals surface area contributed by atoms with E-state index < -0.39 is 5.41 Å². The standard InChI is InChI=1S/C22H31NO4/c1-21(2,3)9-10-23-18(25)12-16-15-11-14(13-24)7-8-17(15)27-19(16)20(26)22(4,5)6/h7-8,11,24H,9-10,12-13H2,1-6H3,(H,23,25). The van der Waals surface area contributed by atoms with E-state index in [9.17, 15) is 14.7 Å². The van der Waals surface area contributed by atoms with Gasteiger partial charge >= 0.3 is 0 Å². The minimum atomic E-state index is -0.620. The molecule has 0 saturated carbocycles. The summed E-state index contributed by atoms with van der Waals surface area (Å²) in [6.07, 6.45) is 0.941. The van der Waals surface area contributed by atoms with Crippen LogP contribution < -0.4 is 5.32 Å². The van der Waals surface area contributed by atoms with Gasteiger partial charge in [-0.25, -0.2) is 0 Å². The van der Waals surface area contributed by atoms with Crippen LogP contribution >= 0.6 is 0 Å². The average Bonchev–Trinajstić information content (AvgIpc) is 2.89. The van der Waals surface area contributed by atoms with E-state index in [0.717, 1.165) is 6.42 Å². The number of furan rings is 1. The van der Waals surface area contributed by atoms with Crippen molar-refractivity contribution in [2.45, 2.75) is 61.0 Å². The number of rotatable bonds is 6. The Bertz CT molecular complexity index is 834. The minimum Gasteiger partial charge on any atom is -0.453 e. The lowest BCUT2D eigenvalue weighted by Crippen LogP contribution is -2.29. The number of nitrogens with one attached hydrogen (secondary N) is 1. The molecule has 2 rings (SSSR count). The van der Waals surface area contributed by atoms with Crippen LogP contribution in [0.3, 0.4) is 0 Å². The number of hydrogen-bond acceptors (Lipinski definition) is 4. The second kappa shape index (κ2) is 7.85. The monoisotopic (exact) mass is 373 g/mol. The summed E-state index contributed by atoms with van der Waals surface area (Å²) in [5.74, 6) is -0.0420. The van der Waals surface area contributed by atoms with Crippen molar-refractivity contribution < 1.29 is 19.1 Å². The van der Waals surface area contributed by atoms with E-state index in [1.807, 2.05) is 20.8 Å². The van der Waals surface area contributed by atoms with E-state index in [0.29, 0.717) is 28.6 Å². The van der Waals surface area contributed by atoms with Gasteiger partial charge in [0.2, 0.25) is 11.7 Å². The molecular formula is C22H31NO4. The minimum absolute atomic E-state index is 0.0726. The summed E-state index contributed by atoms with van der Waals surface area (Å²) in [5.41, 5.74) is 1.38. The molecule has 0 aliphatic carbocycles. The summed E-state index contributed by atoms with van der Waals surface area (Å²) >= 11 is 0. The van der Waals surface area contributed by atoms with E-state index in [1.165, 1.54) is 0 Å². The van der Waals surface area contributed by atoms with Gasteiger partial charge in [-0.05, 0) is 29.5 Å². The maximum Gasteiger partial charge on any atom is 0.224 e. The van der Waals surface area contributed by atoms with Crippen LogP contribution in [0.25, 0.3) is 11.0 Å². The summed E-state index contributed by atoms with van der Waals surface area (Å²) in [5, 5.41) is 13.1. The summed E-state index contributed by atoms with van der Waals surface area (Å²) in [6, 6.07) is 5.28. The number of fused-ring (bicyclic) bond motifs is 1. The van der Waals surface area contributed by atoms with Crippen molar-refractivity contribution in [1.82, 2.24) is 5.32 Å². The Morgan fingerprint density at radius 1 is 1.11 bits per heavy atom. The van der Waals surface area contributed by atoms with Crippen molar-refractivity contribution in [2.24, 2.45) is 10.8 Å². The van der Waals surface area contributed by atoms with Crippen molar-refractivity contribution >= 4 is 22.7 Å². The lowest BCUT2D eigenvalue weighted by Gasteiger charge is -2.18. The quantitative estimate of drug-likeness (QED) is 0.742. The first kappa shape index (κ1) is 21.2. The highest BCUT2D eigenvalue weighted by Gasteiger charge is 2.30. The predicted molar refractivity (Wildman–Crippen MR) is 107 cm³/mol. The summed E-state index contributed by atoms with van der Waals surface area (Å²) < 4.78 is 5.84. The van der Waals surface area contributed by atoms with Crippen LogP contribution in [0.4, 0.5) is 0 Å².